The molecule has 0 aromatic rings. The third-order valence-electron chi connectivity index (χ3n) is 4.37. The first-order valence-corrected chi connectivity index (χ1v) is 7.17. The van der Waals surface area contributed by atoms with Gasteiger partial charge in [0.2, 0.25) is 5.91 Å². The molecule has 2 rings (SSSR count). The van der Waals surface area contributed by atoms with Crippen molar-refractivity contribution in [1.82, 2.24) is 9.80 Å². The summed E-state index contributed by atoms with van der Waals surface area (Å²) in [6.07, 6.45) is 4.05. The van der Waals surface area contributed by atoms with Crippen LogP contribution >= 0.6 is 0 Å². The SMILES string of the molecule is CN(C)CC1CCCN1C(=O)[C@@H]1CC[C@H](C(=O)O)C1. The molecular weight excluding hydrogens is 244 g/mol. The predicted octanol–water partition coefficient (Wildman–Crippen LogP) is 1.04. The molecule has 1 unspecified atom stereocenters. The largest absolute Gasteiger partial charge is 0.481 e. The van der Waals surface area contributed by atoms with E-state index in [9.17, 15) is 9.59 Å². The second kappa shape index (κ2) is 5.90. The molecule has 5 heteroatoms. The number of aliphatic carboxylic acids is 1. The van der Waals surface area contributed by atoms with E-state index in [2.05, 4.69) is 4.90 Å². The maximum Gasteiger partial charge on any atom is 0.306 e. The summed E-state index contributed by atoms with van der Waals surface area (Å²) in [5.74, 6) is -0.942. The average Bonchev–Trinajstić information content (AvgIpc) is 2.95. The van der Waals surface area contributed by atoms with E-state index in [1.807, 2.05) is 19.0 Å². The predicted molar refractivity (Wildman–Crippen MR) is 71.8 cm³/mol. The summed E-state index contributed by atoms with van der Waals surface area (Å²) in [6.45, 7) is 1.74. The van der Waals surface area contributed by atoms with Crippen molar-refractivity contribution in [3.63, 3.8) is 0 Å². The van der Waals surface area contributed by atoms with Crippen LogP contribution in [0.15, 0.2) is 0 Å². The van der Waals surface area contributed by atoms with Gasteiger partial charge in [-0.3, -0.25) is 9.59 Å². The molecular formula is C14H24N2O3. The van der Waals surface area contributed by atoms with Gasteiger partial charge in [-0.1, -0.05) is 0 Å². The molecule has 0 aromatic carbocycles. The molecule has 19 heavy (non-hydrogen) atoms. The van der Waals surface area contributed by atoms with E-state index in [4.69, 9.17) is 5.11 Å². The van der Waals surface area contributed by atoms with Crippen LogP contribution in [-0.4, -0.2) is 60.0 Å². The van der Waals surface area contributed by atoms with E-state index in [-0.39, 0.29) is 17.7 Å². The number of hydrogen-bond donors (Lipinski definition) is 1. The highest BCUT2D eigenvalue weighted by atomic mass is 16.4. The Balaban J connectivity index is 1.94. The third-order valence-corrected chi connectivity index (χ3v) is 4.37. The standard InChI is InChI=1S/C14H24N2O3/c1-15(2)9-12-4-3-7-16(12)13(17)10-5-6-11(8-10)14(18)19/h10-12H,3-9H2,1-2H3,(H,18,19)/t10-,11+,12?/m1/s1. The summed E-state index contributed by atoms with van der Waals surface area (Å²) in [7, 11) is 4.05. The third kappa shape index (κ3) is 3.26. The lowest BCUT2D eigenvalue weighted by atomic mass is 10.0. The number of likely N-dealkylation sites (N-methyl/N-ethyl adjacent to an activating group) is 1. The van der Waals surface area contributed by atoms with Crippen LogP contribution in [0.5, 0.6) is 0 Å². The Hall–Kier alpha value is -1.10. The Labute approximate surface area is 114 Å². The Bertz CT molecular complexity index is 357. The lowest BCUT2D eigenvalue weighted by Gasteiger charge is -2.29. The zero-order valence-electron chi connectivity index (χ0n) is 11.8. The minimum atomic E-state index is -0.749. The molecule has 0 spiro atoms. The maximum absolute atomic E-state index is 12.5. The highest BCUT2D eigenvalue weighted by molar-refractivity contribution is 5.81. The van der Waals surface area contributed by atoms with Gasteiger partial charge in [-0.2, -0.15) is 0 Å². The van der Waals surface area contributed by atoms with E-state index in [1.165, 1.54) is 0 Å². The minimum Gasteiger partial charge on any atom is -0.481 e. The molecule has 2 aliphatic rings. The molecule has 108 valence electrons. The quantitative estimate of drug-likeness (QED) is 0.827. The van der Waals surface area contributed by atoms with Gasteiger partial charge in [0.25, 0.3) is 0 Å². The second-order valence-corrected chi connectivity index (χ2v) is 6.14. The molecule has 3 atom stereocenters. The highest BCUT2D eigenvalue weighted by Gasteiger charge is 2.39. The molecule has 2 fully saturated rings. The van der Waals surface area contributed by atoms with Crippen LogP contribution < -0.4 is 0 Å². The first kappa shape index (κ1) is 14.3. The van der Waals surface area contributed by atoms with Crippen LogP contribution in [0.25, 0.3) is 0 Å². The van der Waals surface area contributed by atoms with Crippen molar-refractivity contribution < 1.29 is 14.7 Å². The number of nitrogens with zero attached hydrogens (tertiary/aromatic N) is 2. The van der Waals surface area contributed by atoms with Gasteiger partial charge in [-0.15, -0.1) is 0 Å². The van der Waals surface area contributed by atoms with E-state index >= 15 is 0 Å². The van der Waals surface area contributed by atoms with Crippen molar-refractivity contribution in [3.8, 4) is 0 Å². The summed E-state index contributed by atoms with van der Waals surface area (Å²) in [5.41, 5.74) is 0. The number of carboxylic acid groups (broad SMARTS) is 1. The summed E-state index contributed by atoms with van der Waals surface area (Å²) in [4.78, 5) is 27.6. The molecule has 1 amide bonds. The lowest BCUT2D eigenvalue weighted by molar-refractivity contribution is -0.141. The summed E-state index contributed by atoms with van der Waals surface area (Å²) in [6, 6.07) is 0.311. The smallest absolute Gasteiger partial charge is 0.306 e. The number of hydrogen-bond acceptors (Lipinski definition) is 3. The maximum atomic E-state index is 12.5. The fourth-order valence-corrected chi connectivity index (χ4v) is 3.40. The molecule has 1 saturated heterocycles. The van der Waals surface area contributed by atoms with E-state index < -0.39 is 5.97 Å². The molecule has 1 saturated carbocycles. The zero-order chi connectivity index (χ0) is 14.0. The van der Waals surface area contributed by atoms with Gasteiger partial charge < -0.3 is 14.9 Å². The van der Waals surface area contributed by atoms with Gasteiger partial charge in [-0.05, 0) is 46.2 Å². The normalized spacial score (nSPS) is 31.1. The summed E-state index contributed by atoms with van der Waals surface area (Å²) < 4.78 is 0. The van der Waals surface area contributed by atoms with Crippen LogP contribution in [0.4, 0.5) is 0 Å². The van der Waals surface area contributed by atoms with Crippen molar-refractivity contribution in [2.45, 2.75) is 38.1 Å². The number of carbonyl (C=O) groups excluding carboxylic acids is 1. The van der Waals surface area contributed by atoms with Crippen molar-refractivity contribution in [2.75, 3.05) is 27.2 Å². The molecule has 0 bridgehead atoms. The van der Waals surface area contributed by atoms with Crippen molar-refractivity contribution in [1.29, 1.82) is 0 Å². The molecule has 5 nitrogen and oxygen atoms in total. The summed E-state index contributed by atoms with van der Waals surface area (Å²) >= 11 is 0. The number of carbonyl (C=O) groups is 2. The minimum absolute atomic E-state index is 0.0659. The van der Waals surface area contributed by atoms with Gasteiger partial charge in [0.1, 0.15) is 0 Å². The van der Waals surface area contributed by atoms with Gasteiger partial charge in [0, 0.05) is 25.0 Å². The Morgan fingerprint density at radius 1 is 1.21 bits per heavy atom. The van der Waals surface area contributed by atoms with Gasteiger partial charge in [0.15, 0.2) is 0 Å². The van der Waals surface area contributed by atoms with Gasteiger partial charge in [-0.25, -0.2) is 0 Å². The van der Waals surface area contributed by atoms with E-state index in [0.717, 1.165) is 32.4 Å². The first-order valence-electron chi connectivity index (χ1n) is 7.17. The molecule has 0 aromatic heterocycles. The lowest BCUT2D eigenvalue weighted by Crippen LogP contribution is -2.43. The second-order valence-electron chi connectivity index (χ2n) is 6.14. The highest BCUT2D eigenvalue weighted by Crippen LogP contribution is 2.34. The van der Waals surface area contributed by atoms with Crippen molar-refractivity contribution >= 4 is 11.9 Å². The topological polar surface area (TPSA) is 60.9 Å². The van der Waals surface area contributed by atoms with Gasteiger partial charge in [0.05, 0.1) is 5.92 Å². The van der Waals surface area contributed by atoms with Crippen LogP contribution in [-0.2, 0) is 9.59 Å². The van der Waals surface area contributed by atoms with Crippen LogP contribution in [0.2, 0.25) is 0 Å². The summed E-state index contributed by atoms with van der Waals surface area (Å²) in [5, 5.41) is 9.02. The number of amides is 1. The van der Waals surface area contributed by atoms with Crippen molar-refractivity contribution in [2.24, 2.45) is 11.8 Å². The Morgan fingerprint density at radius 3 is 2.47 bits per heavy atom. The fourth-order valence-electron chi connectivity index (χ4n) is 3.40. The fraction of sp³-hybridized carbons (Fsp3) is 0.857. The van der Waals surface area contributed by atoms with Crippen molar-refractivity contribution in [3.05, 3.63) is 0 Å². The van der Waals surface area contributed by atoms with Crippen LogP contribution in [0.1, 0.15) is 32.1 Å². The first-order chi connectivity index (χ1) is 8.99. The molecule has 0 radical (unpaired) electrons. The average molecular weight is 268 g/mol. The molecule has 1 aliphatic heterocycles. The monoisotopic (exact) mass is 268 g/mol. The number of likely N-dealkylation sites (tertiary alicyclic amines) is 1. The van der Waals surface area contributed by atoms with Crippen LogP contribution in [0.3, 0.4) is 0 Å². The molecule has 1 heterocycles. The van der Waals surface area contributed by atoms with E-state index in [1.54, 1.807) is 0 Å². The van der Waals surface area contributed by atoms with Crippen LogP contribution in [0, 0.1) is 11.8 Å². The zero-order valence-corrected chi connectivity index (χ0v) is 11.8. The number of rotatable bonds is 4. The molecule has 1 N–H and O–H groups in total. The number of carboxylic acids is 1. The molecule has 1 aliphatic carbocycles. The van der Waals surface area contributed by atoms with Gasteiger partial charge >= 0.3 is 5.97 Å². The Kier molecular flexibility index (Phi) is 4.45. The Morgan fingerprint density at radius 2 is 1.89 bits per heavy atom. The van der Waals surface area contributed by atoms with E-state index in [0.29, 0.717) is 18.9 Å².